The van der Waals surface area contributed by atoms with Gasteiger partial charge in [-0.15, -0.1) is 11.3 Å². The normalized spacial score (nSPS) is 17.3. The van der Waals surface area contributed by atoms with Crippen LogP contribution in [0.25, 0.3) is 10.4 Å². The number of rotatable bonds is 5. The number of carbonyl (C=O) groups is 2. The Morgan fingerprint density at radius 2 is 2.26 bits per heavy atom. The van der Waals surface area contributed by atoms with Crippen molar-refractivity contribution in [2.24, 2.45) is 0 Å². The summed E-state index contributed by atoms with van der Waals surface area (Å²) in [5.74, 6) is -0.197. The van der Waals surface area contributed by atoms with Crippen molar-refractivity contribution >= 4 is 23.7 Å². The van der Waals surface area contributed by atoms with Gasteiger partial charge in [0.25, 0.3) is 0 Å². The first kappa shape index (κ1) is 15.6. The second-order valence-corrected chi connectivity index (χ2v) is 6.17. The number of nitrogens with one attached hydrogen (secondary N) is 1. The summed E-state index contributed by atoms with van der Waals surface area (Å²) in [5.41, 5.74) is 4.98. The number of aryl methyl sites for hydroxylation is 1. The molecule has 1 aromatic carbocycles. The van der Waals surface area contributed by atoms with E-state index < -0.39 is 6.04 Å². The molecule has 0 saturated carbocycles. The molecule has 2 aromatic rings. The Bertz CT molecular complexity index is 699. The van der Waals surface area contributed by atoms with Gasteiger partial charge in [0.1, 0.15) is 12.8 Å². The van der Waals surface area contributed by atoms with Gasteiger partial charge in [-0.1, -0.05) is 24.3 Å². The predicted molar refractivity (Wildman–Crippen MR) is 86.6 cm³/mol. The molecule has 120 valence electrons. The lowest BCUT2D eigenvalue weighted by atomic mass is 10.1. The van der Waals surface area contributed by atoms with Crippen molar-refractivity contribution in [2.45, 2.75) is 19.5 Å². The van der Waals surface area contributed by atoms with Crippen molar-refractivity contribution in [3.63, 3.8) is 0 Å². The van der Waals surface area contributed by atoms with Gasteiger partial charge in [-0.3, -0.25) is 9.59 Å². The summed E-state index contributed by atoms with van der Waals surface area (Å²) < 4.78 is 5.13. The first-order valence-corrected chi connectivity index (χ1v) is 8.13. The molecule has 1 N–H and O–H groups in total. The van der Waals surface area contributed by atoms with Gasteiger partial charge in [-0.25, -0.2) is 4.98 Å². The van der Waals surface area contributed by atoms with E-state index in [1.807, 2.05) is 36.7 Å². The summed E-state index contributed by atoms with van der Waals surface area (Å²) in [5, 5.41) is 2.84. The van der Waals surface area contributed by atoms with Gasteiger partial charge in [0.15, 0.2) is 0 Å². The number of amides is 2. The van der Waals surface area contributed by atoms with Crippen molar-refractivity contribution in [1.82, 2.24) is 15.2 Å². The smallest absolute Gasteiger partial charge is 0.245 e. The van der Waals surface area contributed by atoms with Crippen molar-refractivity contribution in [3.8, 4) is 10.4 Å². The van der Waals surface area contributed by atoms with Crippen LogP contribution in [-0.2, 0) is 20.9 Å². The molecular weight excluding hydrogens is 314 g/mol. The van der Waals surface area contributed by atoms with Gasteiger partial charge >= 0.3 is 0 Å². The fourth-order valence-electron chi connectivity index (χ4n) is 2.45. The Morgan fingerprint density at radius 1 is 1.48 bits per heavy atom. The quantitative estimate of drug-likeness (QED) is 0.844. The molecule has 1 atom stereocenters. The zero-order chi connectivity index (χ0) is 16.2. The molecule has 1 aromatic heterocycles. The SMILES string of the molecule is Cc1ncsc1-c1ccc(CNC(=O)C2COCN2C=O)cc1. The zero-order valence-corrected chi connectivity index (χ0v) is 13.5. The number of hydrogen-bond donors (Lipinski definition) is 1. The van der Waals surface area contributed by atoms with Gasteiger partial charge in [0, 0.05) is 6.54 Å². The minimum atomic E-state index is -0.536. The van der Waals surface area contributed by atoms with E-state index in [1.54, 1.807) is 11.3 Å². The van der Waals surface area contributed by atoms with E-state index in [0.29, 0.717) is 13.0 Å². The Kier molecular flexibility index (Phi) is 4.68. The Hall–Kier alpha value is -2.25. The van der Waals surface area contributed by atoms with Gasteiger partial charge in [0.05, 0.1) is 22.7 Å². The van der Waals surface area contributed by atoms with E-state index in [1.165, 1.54) is 4.90 Å². The highest BCUT2D eigenvalue weighted by atomic mass is 32.1. The minimum absolute atomic E-state index is 0.171. The molecule has 3 rings (SSSR count). The summed E-state index contributed by atoms with van der Waals surface area (Å²) in [6, 6.07) is 7.48. The van der Waals surface area contributed by atoms with Crippen LogP contribution in [0.4, 0.5) is 0 Å². The summed E-state index contributed by atoms with van der Waals surface area (Å²) >= 11 is 1.61. The monoisotopic (exact) mass is 331 g/mol. The molecule has 1 unspecified atom stereocenters. The van der Waals surface area contributed by atoms with E-state index in [-0.39, 0.29) is 19.2 Å². The van der Waals surface area contributed by atoms with E-state index in [0.717, 1.165) is 21.7 Å². The summed E-state index contributed by atoms with van der Waals surface area (Å²) in [6.45, 7) is 2.82. The molecule has 0 aliphatic carbocycles. The Morgan fingerprint density at radius 3 is 2.91 bits per heavy atom. The largest absolute Gasteiger partial charge is 0.358 e. The van der Waals surface area contributed by atoms with Crippen molar-refractivity contribution in [1.29, 1.82) is 0 Å². The van der Waals surface area contributed by atoms with Gasteiger partial charge < -0.3 is 15.0 Å². The molecule has 1 fully saturated rings. The molecule has 7 heteroatoms. The molecule has 2 heterocycles. The average molecular weight is 331 g/mol. The summed E-state index contributed by atoms with van der Waals surface area (Å²) in [7, 11) is 0. The molecule has 1 aliphatic rings. The van der Waals surface area contributed by atoms with E-state index >= 15 is 0 Å². The standard InChI is InChI=1S/C16H17N3O3S/c1-11-15(23-8-18-11)13-4-2-12(3-5-13)6-17-16(21)14-7-22-10-19(14)9-20/h2-5,8-9,14H,6-7,10H2,1H3,(H,17,21). The van der Waals surface area contributed by atoms with Gasteiger partial charge in [-0.05, 0) is 18.1 Å². The number of carbonyl (C=O) groups excluding carboxylic acids is 2. The second kappa shape index (κ2) is 6.89. The fraction of sp³-hybridized carbons (Fsp3) is 0.312. The molecule has 0 spiro atoms. The molecule has 1 saturated heterocycles. The third-order valence-electron chi connectivity index (χ3n) is 3.78. The maximum atomic E-state index is 12.1. The zero-order valence-electron chi connectivity index (χ0n) is 12.7. The fourth-order valence-corrected chi connectivity index (χ4v) is 3.26. The van der Waals surface area contributed by atoms with Crippen LogP contribution in [0, 0.1) is 6.92 Å². The Balaban J connectivity index is 1.60. The third-order valence-corrected chi connectivity index (χ3v) is 4.76. The lowest BCUT2D eigenvalue weighted by molar-refractivity contribution is -0.130. The third kappa shape index (κ3) is 3.40. The topological polar surface area (TPSA) is 71.5 Å². The van der Waals surface area contributed by atoms with Crippen LogP contribution in [0.2, 0.25) is 0 Å². The number of hydrogen-bond acceptors (Lipinski definition) is 5. The van der Waals surface area contributed by atoms with E-state index in [4.69, 9.17) is 4.74 Å². The lowest BCUT2D eigenvalue weighted by Crippen LogP contribution is -2.43. The Labute approximate surface area is 138 Å². The van der Waals surface area contributed by atoms with Crippen LogP contribution in [0.5, 0.6) is 0 Å². The van der Waals surface area contributed by atoms with Crippen LogP contribution in [-0.4, -0.2) is 41.6 Å². The molecule has 2 amide bonds. The average Bonchev–Trinajstić information content (AvgIpc) is 3.21. The maximum absolute atomic E-state index is 12.1. The predicted octanol–water partition coefficient (Wildman–Crippen LogP) is 1.55. The number of nitrogens with zero attached hydrogens (tertiary/aromatic N) is 2. The number of benzene rings is 1. The minimum Gasteiger partial charge on any atom is -0.358 e. The van der Waals surface area contributed by atoms with E-state index in [9.17, 15) is 9.59 Å². The highest BCUT2D eigenvalue weighted by Gasteiger charge is 2.30. The molecule has 1 aliphatic heterocycles. The maximum Gasteiger partial charge on any atom is 0.245 e. The van der Waals surface area contributed by atoms with Crippen molar-refractivity contribution in [2.75, 3.05) is 13.3 Å². The van der Waals surface area contributed by atoms with Crippen LogP contribution < -0.4 is 5.32 Å². The summed E-state index contributed by atoms with van der Waals surface area (Å²) in [4.78, 5) is 29.7. The number of ether oxygens (including phenoxy) is 1. The van der Waals surface area contributed by atoms with Gasteiger partial charge in [0.2, 0.25) is 12.3 Å². The first-order chi connectivity index (χ1) is 11.2. The number of aromatic nitrogens is 1. The molecule has 23 heavy (non-hydrogen) atoms. The van der Waals surface area contributed by atoms with Crippen LogP contribution in [0.15, 0.2) is 29.8 Å². The summed E-state index contributed by atoms with van der Waals surface area (Å²) in [6.07, 6.45) is 0.642. The van der Waals surface area contributed by atoms with Crippen molar-refractivity contribution in [3.05, 3.63) is 41.0 Å². The highest BCUT2D eigenvalue weighted by Crippen LogP contribution is 2.27. The van der Waals surface area contributed by atoms with Gasteiger partial charge in [-0.2, -0.15) is 0 Å². The molecule has 0 radical (unpaired) electrons. The molecule has 6 nitrogen and oxygen atoms in total. The van der Waals surface area contributed by atoms with Crippen LogP contribution in [0.3, 0.4) is 0 Å². The van der Waals surface area contributed by atoms with Crippen LogP contribution >= 0.6 is 11.3 Å². The van der Waals surface area contributed by atoms with E-state index in [2.05, 4.69) is 10.3 Å². The molecule has 0 bridgehead atoms. The molecular formula is C16H17N3O3S. The first-order valence-electron chi connectivity index (χ1n) is 7.25. The highest BCUT2D eigenvalue weighted by molar-refractivity contribution is 7.13. The van der Waals surface area contributed by atoms with Crippen LogP contribution in [0.1, 0.15) is 11.3 Å². The number of thiazole rings is 1. The van der Waals surface area contributed by atoms with Crippen molar-refractivity contribution < 1.29 is 14.3 Å². The second-order valence-electron chi connectivity index (χ2n) is 5.32. The lowest BCUT2D eigenvalue weighted by Gasteiger charge is -2.16.